The van der Waals surface area contributed by atoms with Crippen molar-refractivity contribution < 1.29 is 4.79 Å². The first kappa shape index (κ1) is 14.9. The molecule has 0 aromatic heterocycles. The van der Waals surface area contributed by atoms with Gasteiger partial charge in [0.25, 0.3) is 0 Å². The van der Waals surface area contributed by atoms with E-state index in [4.69, 9.17) is 0 Å². The van der Waals surface area contributed by atoms with E-state index in [2.05, 4.69) is 39.8 Å². The average molecular weight is 305 g/mol. The molecule has 2 N–H and O–H groups in total. The lowest BCUT2D eigenvalue weighted by molar-refractivity contribution is -0.123. The maximum Gasteiger partial charge on any atom is 0.234 e. The van der Waals surface area contributed by atoms with Gasteiger partial charge in [0.15, 0.2) is 0 Å². The Morgan fingerprint density at radius 3 is 3.19 bits per heavy atom. The van der Waals surface area contributed by atoms with E-state index < -0.39 is 0 Å². The second-order valence-corrected chi connectivity index (χ2v) is 6.81. The van der Waals surface area contributed by atoms with Gasteiger partial charge in [0.1, 0.15) is 0 Å². The molecule has 0 saturated carbocycles. The van der Waals surface area contributed by atoms with Crippen molar-refractivity contribution in [2.75, 3.05) is 38.5 Å². The SMILES string of the molecule is O=C(CN1CCCNCC1)NC1CCSc2ccccc21. The zero-order valence-corrected chi connectivity index (χ0v) is 13.1. The lowest BCUT2D eigenvalue weighted by Crippen LogP contribution is -2.40. The number of fused-ring (bicyclic) bond motifs is 1. The summed E-state index contributed by atoms with van der Waals surface area (Å²) in [6.07, 6.45) is 2.14. The van der Waals surface area contributed by atoms with Gasteiger partial charge in [-0.05, 0) is 37.6 Å². The highest BCUT2D eigenvalue weighted by molar-refractivity contribution is 7.99. The molecule has 1 saturated heterocycles. The summed E-state index contributed by atoms with van der Waals surface area (Å²) in [6, 6.07) is 8.60. The molecule has 1 atom stereocenters. The Hall–Kier alpha value is -1.04. The Labute approximate surface area is 130 Å². The summed E-state index contributed by atoms with van der Waals surface area (Å²) in [5, 5.41) is 6.60. The number of nitrogens with zero attached hydrogens (tertiary/aromatic N) is 1. The number of amides is 1. The molecule has 1 fully saturated rings. The molecule has 2 aliphatic heterocycles. The molecule has 2 aliphatic rings. The lowest BCUT2D eigenvalue weighted by atomic mass is 10.0. The Morgan fingerprint density at radius 1 is 1.33 bits per heavy atom. The van der Waals surface area contributed by atoms with Crippen LogP contribution in [0.15, 0.2) is 29.2 Å². The van der Waals surface area contributed by atoms with E-state index in [9.17, 15) is 4.79 Å². The number of nitrogens with one attached hydrogen (secondary N) is 2. The maximum atomic E-state index is 12.3. The molecule has 5 heteroatoms. The Kier molecular flexibility index (Phi) is 5.17. The topological polar surface area (TPSA) is 44.4 Å². The van der Waals surface area contributed by atoms with Crippen LogP contribution in [0, 0.1) is 0 Å². The maximum absolute atomic E-state index is 12.3. The van der Waals surface area contributed by atoms with Crippen molar-refractivity contribution >= 4 is 17.7 Å². The number of carbonyl (C=O) groups is 1. The third kappa shape index (κ3) is 3.99. The summed E-state index contributed by atoms with van der Waals surface area (Å²) < 4.78 is 0. The number of benzene rings is 1. The number of thioether (sulfide) groups is 1. The first-order chi connectivity index (χ1) is 10.3. The Morgan fingerprint density at radius 2 is 2.24 bits per heavy atom. The highest BCUT2D eigenvalue weighted by atomic mass is 32.2. The summed E-state index contributed by atoms with van der Waals surface area (Å²) in [6.45, 7) is 4.54. The van der Waals surface area contributed by atoms with Gasteiger partial charge in [0.2, 0.25) is 5.91 Å². The molecular weight excluding hydrogens is 282 g/mol. The van der Waals surface area contributed by atoms with Crippen LogP contribution < -0.4 is 10.6 Å². The van der Waals surface area contributed by atoms with Crippen LogP contribution in [-0.4, -0.2) is 49.3 Å². The van der Waals surface area contributed by atoms with E-state index in [1.165, 1.54) is 10.5 Å². The zero-order valence-electron chi connectivity index (χ0n) is 12.3. The van der Waals surface area contributed by atoms with Crippen LogP contribution in [0.2, 0.25) is 0 Å². The fraction of sp³-hybridized carbons (Fsp3) is 0.562. The zero-order chi connectivity index (χ0) is 14.5. The molecule has 3 rings (SSSR count). The quantitative estimate of drug-likeness (QED) is 0.891. The van der Waals surface area contributed by atoms with Gasteiger partial charge in [0, 0.05) is 23.7 Å². The summed E-state index contributed by atoms with van der Waals surface area (Å²) in [5.41, 5.74) is 1.28. The van der Waals surface area contributed by atoms with Crippen LogP contribution in [0.5, 0.6) is 0 Å². The van der Waals surface area contributed by atoms with Crippen LogP contribution in [0.4, 0.5) is 0 Å². The summed E-state index contributed by atoms with van der Waals surface area (Å²) in [4.78, 5) is 15.9. The van der Waals surface area contributed by atoms with Gasteiger partial charge in [-0.2, -0.15) is 0 Å². The van der Waals surface area contributed by atoms with Crippen molar-refractivity contribution in [2.45, 2.75) is 23.8 Å². The number of carbonyl (C=O) groups excluding carboxylic acids is 1. The monoisotopic (exact) mass is 305 g/mol. The van der Waals surface area contributed by atoms with Gasteiger partial charge in [-0.1, -0.05) is 18.2 Å². The third-order valence-corrected chi connectivity index (χ3v) is 5.22. The van der Waals surface area contributed by atoms with Gasteiger partial charge >= 0.3 is 0 Å². The Balaban J connectivity index is 1.58. The molecule has 0 aliphatic carbocycles. The average Bonchev–Trinajstić information content (AvgIpc) is 2.76. The number of hydrogen-bond donors (Lipinski definition) is 2. The Bertz CT molecular complexity index is 486. The second-order valence-electron chi connectivity index (χ2n) is 5.67. The minimum Gasteiger partial charge on any atom is -0.348 e. The van der Waals surface area contributed by atoms with Crippen molar-refractivity contribution in [2.24, 2.45) is 0 Å². The van der Waals surface area contributed by atoms with Gasteiger partial charge in [-0.3, -0.25) is 9.69 Å². The van der Waals surface area contributed by atoms with Crippen molar-refractivity contribution in [3.05, 3.63) is 29.8 Å². The lowest BCUT2D eigenvalue weighted by Gasteiger charge is -2.27. The van der Waals surface area contributed by atoms with Crippen LogP contribution >= 0.6 is 11.8 Å². The van der Waals surface area contributed by atoms with Crippen LogP contribution in [-0.2, 0) is 4.79 Å². The number of rotatable bonds is 3. The molecule has 1 aromatic rings. The fourth-order valence-corrected chi connectivity index (χ4v) is 4.12. The van der Waals surface area contributed by atoms with E-state index in [1.807, 2.05) is 11.8 Å². The largest absolute Gasteiger partial charge is 0.348 e. The van der Waals surface area contributed by atoms with Crippen LogP contribution in [0.25, 0.3) is 0 Å². The van der Waals surface area contributed by atoms with Crippen molar-refractivity contribution in [3.8, 4) is 0 Å². The smallest absolute Gasteiger partial charge is 0.234 e. The van der Waals surface area contributed by atoms with Crippen molar-refractivity contribution in [1.82, 2.24) is 15.5 Å². The third-order valence-electron chi connectivity index (χ3n) is 4.09. The molecule has 1 amide bonds. The molecule has 0 radical (unpaired) electrons. The second kappa shape index (κ2) is 7.29. The van der Waals surface area contributed by atoms with E-state index >= 15 is 0 Å². The van der Waals surface area contributed by atoms with Gasteiger partial charge in [-0.25, -0.2) is 0 Å². The minimum absolute atomic E-state index is 0.156. The molecule has 0 spiro atoms. The first-order valence-corrected chi connectivity index (χ1v) is 8.75. The van der Waals surface area contributed by atoms with Gasteiger partial charge in [0.05, 0.1) is 12.6 Å². The molecule has 114 valence electrons. The molecular formula is C16H23N3OS. The van der Waals surface area contributed by atoms with E-state index in [0.717, 1.165) is 44.8 Å². The van der Waals surface area contributed by atoms with E-state index in [0.29, 0.717) is 6.54 Å². The van der Waals surface area contributed by atoms with Crippen LogP contribution in [0.3, 0.4) is 0 Å². The van der Waals surface area contributed by atoms with E-state index in [1.54, 1.807) is 0 Å². The summed E-state index contributed by atoms with van der Waals surface area (Å²) >= 11 is 1.89. The van der Waals surface area contributed by atoms with Crippen LogP contribution in [0.1, 0.15) is 24.4 Å². The molecule has 0 bridgehead atoms. The number of hydrogen-bond acceptors (Lipinski definition) is 4. The minimum atomic E-state index is 0.156. The fourth-order valence-electron chi connectivity index (χ4n) is 2.99. The van der Waals surface area contributed by atoms with Crippen molar-refractivity contribution in [1.29, 1.82) is 0 Å². The highest BCUT2D eigenvalue weighted by Crippen LogP contribution is 2.35. The standard InChI is InChI=1S/C16H23N3OS/c20-16(12-19-9-3-7-17-8-10-19)18-14-6-11-21-15-5-2-1-4-13(14)15/h1-2,4-5,14,17H,3,6-12H2,(H,18,20). The summed E-state index contributed by atoms with van der Waals surface area (Å²) in [5.74, 6) is 1.24. The highest BCUT2D eigenvalue weighted by Gasteiger charge is 2.22. The normalized spacial score (nSPS) is 23.1. The summed E-state index contributed by atoms with van der Waals surface area (Å²) in [7, 11) is 0. The van der Waals surface area contributed by atoms with Gasteiger partial charge < -0.3 is 10.6 Å². The van der Waals surface area contributed by atoms with E-state index in [-0.39, 0.29) is 11.9 Å². The van der Waals surface area contributed by atoms with Gasteiger partial charge in [-0.15, -0.1) is 11.8 Å². The molecule has 21 heavy (non-hydrogen) atoms. The first-order valence-electron chi connectivity index (χ1n) is 7.77. The van der Waals surface area contributed by atoms with Crippen molar-refractivity contribution in [3.63, 3.8) is 0 Å². The molecule has 1 unspecified atom stereocenters. The molecule has 1 aromatic carbocycles. The molecule has 4 nitrogen and oxygen atoms in total. The predicted molar refractivity (Wildman–Crippen MR) is 86.6 cm³/mol. The predicted octanol–water partition coefficient (Wildman–Crippen LogP) is 1.63. The molecule has 2 heterocycles.